The third kappa shape index (κ3) is 6.67. The van der Waals surface area contributed by atoms with Crippen LogP contribution in [-0.2, 0) is 19.6 Å². The Hall–Kier alpha value is -2.42. The van der Waals surface area contributed by atoms with Crippen LogP contribution in [0.5, 0.6) is 5.75 Å². The average molecular weight is 392 g/mol. The molecule has 0 atom stereocenters. The van der Waals surface area contributed by atoms with Gasteiger partial charge in [-0.3, -0.25) is 4.79 Å². The van der Waals surface area contributed by atoms with Crippen molar-refractivity contribution in [3.8, 4) is 5.75 Å². The maximum atomic E-state index is 12.1. The number of ether oxygens (including phenoxy) is 2. The second kappa shape index (κ2) is 9.50. The van der Waals surface area contributed by atoms with Gasteiger partial charge in [-0.05, 0) is 61.4 Å². The Bertz CT molecular complexity index is 859. The van der Waals surface area contributed by atoms with Gasteiger partial charge in [-0.2, -0.15) is 0 Å². The minimum atomic E-state index is -3.59. The summed E-state index contributed by atoms with van der Waals surface area (Å²) in [5, 5.41) is 2.78. The van der Waals surface area contributed by atoms with Gasteiger partial charge in [0.15, 0.2) is 6.61 Å². The SMILES string of the molecule is COCCNS(=O)(=O)c1ccc(OCC(=O)Nc2cc(C)cc(C)c2)cc1. The van der Waals surface area contributed by atoms with Crippen molar-refractivity contribution in [1.29, 1.82) is 0 Å². The first kappa shape index (κ1) is 20.9. The quantitative estimate of drug-likeness (QED) is 0.639. The van der Waals surface area contributed by atoms with Crippen LogP contribution in [0.3, 0.4) is 0 Å². The van der Waals surface area contributed by atoms with E-state index in [4.69, 9.17) is 9.47 Å². The Balaban J connectivity index is 1.90. The molecule has 0 aliphatic heterocycles. The highest BCUT2D eigenvalue weighted by Crippen LogP contribution is 2.17. The maximum absolute atomic E-state index is 12.1. The van der Waals surface area contributed by atoms with Gasteiger partial charge in [0.05, 0.1) is 11.5 Å². The molecule has 27 heavy (non-hydrogen) atoms. The highest BCUT2D eigenvalue weighted by atomic mass is 32.2. The zero-order valence-corrected chi connectivity index (χ0v) is 16.4. The molecule has 8 heteroatoms. The molecule has 0 radical (unpaired) electrons. The number of aryl methyl sites for hydroxylation is 2. The molecule has 2 aromatic rings. The van der Waals surface area contributed by atoms with Gasteiger partial charge in [0.25, 0.3) is 5.91 Å². The number of amides is 1. The van der Waals surface area contributed by atoms with E-state index >= 15 is 0 Å². The molecular weight excluding hydrogens is 368 g/mol. The van der Waals surface area contributed by atoms with Crippen LogP contribution in [-0.4, -0.2) is 41.2 Å². The first-order chi connectivity index (χ1) is 12.8. The van der Waals surface area contributed by atoms with E-state index < -0.39 is 10.0 Å². The normalized spacial score (nSPS) is 11.2. The van der Waals surface area contributed by atoms with Crippen LogP contribution in [0.4, 0.5) is 5.69 Å². The summed E-state index contributed by atoms with van der Waals surface area (Å²) in [4.78, 5) is 12.1. The second-order valence-electron chi connectivity index (χ2n) is 6.08. The van der Waals surface area contributed by atoms with Gasteiger partial charge >= 0.3 is 0 Å². The van der Waals surface area contributed by atoms with Crippen LogP contribution in [0.25, 0.3) is 0 Å². The molecule has 7 nitrogen and oxygen atoms in total. The van der Waals surface area contributed by atoms with Crippen molar-refractivity contribution < 1.29 is 22.7 Å². The van der Waals surface area contributed by atoms with Gasteiger partial charge in [0.2, 0.25) is 10.0 Å². The molecule has 2 rings (SSSR count). The Morgan fingerprint density at radius 3 is 2.26 bits per heavy atom. The van der Waals surface area contributed by atoms with E-state index in [9.17, 15) is 13.2 Å². The lowest BCUT2D eigenvalue weighted by molar-refractivity contribution is -0.118. The lowest BCUT2D eigenvalue weighted by atomic mass is 10.1. The van der Waals surface area contributed by atoms with Crippen LogP contribution >= 0.6 is 0 Å². The molecular formula is C19H24N2O5S. The molecule has 2 aromatic carbocycles. The Kier molecular flexibility index (Phi) is 7.35. The fraction of sp³-hybridized carbons (Fsp3) is 0.316. The highest BCUT2D eigenvalue weighted by Gasteiger charge is 2.13. The number of methoxy groups -OCH3 is 1. The maximum Gasteiger partial charge on any atom is 0.262 e. The van der Waals surface area contributed by atoms with Crippen molar-refractivity contribution in [3.05, 3.63) is 53.6 Å². The van der Waals surface area contributed by atoms with E-state index in [0.29, 0.717) is 11.4 Å². The molecule has 0 heterocycles. The minimum Gasteiger partial charge on any atom is -0.484 e. The van der Waals surface area contributed by atoms with E-state index in [1.807, 2.05) is 32.0 Å². The number of benzene rings is 2. The number of anilines is 1. The largest absolute Gasteiger partial charge is 0.484 e. The lowest BCUT2D eigenvalue weighted by Gasteiger charge is -2.10. The van der Waals surface area contributed by atoms with Crippen molar-refractivity contribution in [2.24, 2.45) is 0 Å². The van der Waals surface area contributed by atoms with Crippen LogP contribution in [0.15, 0.2) is 47.4 Å². The van der Waals surface area contributed by atoms with Crippen molar-refractivity contribution >= 4 is 21.6 Å². The first-order valence-electron chi connectivity index (χ1n) is 8.40. The van der Waals surface area contributed by atoms with E-state index in [1.165, 1.54) is 31.4 Å². The predicted octanol–water partition coefficient (Wildman–Crippen LogP) is 2.25. The Labute approximate surface area is 159 Å². The predicted molar refractivity (Wildman–Crippen MR) is 104 cm³/mol. The monoisotopic (exact) mass is 392 g/mol. The molecule has 2 N–H and O–H groups in total. The highest BCUT2D eigenvalue weighted by molar-refractivity contribution is 7.89. The number of rotatable bonds is 9. The van der Waals surface area contributed by atoms with E-state index in [1.54, 1.807) is 0 Å². The molecule has 0 unspecified atom stereocenters. The van der Waals surface area contributed by atoms with Crippen molar-refractivity contribution in [3.63, 3.8) is 0 Å². The smallest absolute Gasteiger partial charge is 0.262 e. The number of hydrogen-bond donors (Lipinski definition) is 2. The molecule has 1 amide bonds. The van der Waals surface area contributed by atoms with Crippen LogP contribution < -0.4 is 14.8 Å². The molecule has 0 spiro atoms. The summed E-state index contributed by atoms with van der Waals surface area (Å²) in [5.74, 6) is 0.111. The van der Waals surface area contributed by atoms with Crippen LogP contribution in [0.1, 0.15) is 11.1 Å². The third-order valence-corrected chi connectivity index (χ3v) is 5.08. The first-order valence-corrected chi connectivity index (χ1v) is 9.88. The minimum absolute atomic E-state index is 0.116. The molecule has 0 fully saturated rings. The topological polar surface area (TPSA) is 93.7 Å². The zero-order chi connectivity index (χ0) is 19.9. The molecule has 0 bridgehead atoms. The van der Waals surface area contributed by atoms with E-state index in [-0.39, 0.29) is 30.6 Å². The van der Waals surface area contributed by atoms with Crippen LogP contribution in [0, 0.1) is 13.8 Å². The number of carbonyl (C=O) groups is 1. The Morgan fingerprint density at radius 1 is 1.04 bits per heavy atom. The van der Waals surface area contributed by atoms with E-state index in [0.717, 1.165) is 11.1 Å². The second-order valence-corrected chi connectivity index (χ2v) is 7.84. The van der Waals surface area contributed by atoms with E-state index in [2.05, 4.69) is 10.0 Å². The average Bonchev–Trinajstić information content (AvgIpc) is 2.59. The van der Waals surface area contributed by atoms with Gasteiger partial charge in [0, 0.05) is 19.3 Å². The number of sulfonamides is 1. The molecule has 0 saturated carbocycles. The molecule has 0 aliphatic carbocycles. The zero-order valence-electron chi connectivity index (χ0n) is 15.6. The van der Waals surface area contributed by atoms with Crippen LogP contribution in [0.2, 0.25) is 0 Å². The van der Waals surface area contributed by atoms with Gasteiger partial charge in [-0.15, -0.1) is 0 Å². The number of hydrogen-bond acceptors (Lipinski definition) is 5. The van der Waals surface area contributed by atoms with Crippen molar-refractivity contribution in [2.75, 3.05) is 32.2 Å². The fourth-order valence-electron chi connectivity index (χ4n) is 2.47. The summed E-state index contributed by atoms with van der Waals surface area (Å²) >= 11 is 0. The summed E-state index contributed by atoms with van der Waals surface area (Å²) < 4.78 is 36.8. The van der Waals surface area contributed by atoms with Gasteiger partial charge in [0.1, 0.15) is 5.75 Å². The summed E-state index contributed by atoms with van der Waals surface area (Å²) in [6, 6.07) is 11.6. The summed E-state index contributed by atoms with van der Waals surface area (Å²) in [6.45, 7) is 4.22. The molecule has 0 aromatic heterocycles. The molecule has 0 aliphatic rings. The Morgan fingerprint density at radius 2 is 1.67 bits per heavy atom. The lowest BCUT2D eigenvalue weighted by Crippen LogP contribution is -2.27. The fourth-order valence-corrected chi connectivity index (χ4v) is 3.48. The summed E-state index contributed by atoms with van der Waals surface area (Å²) in [6.07, 6.45) is 0. The molecule has 0 saturated heterocycles. The number of carbonyl (C=O) groups excluding carboxylic acids is 1. The summed E-state index contributed by atoms with van der Waals surface area (Å²) in [5.41, 5.74) is 2.83. The third-order valence-electron chi connectivity index (χ3n) is 3.61. The van der Waals surface area contributed by atoms with Gasteiger partial charge in [-0.1, -0.05) is 6.07 Å². The number of nitrogens with one attached hydrogen (secondary N) is 2. The molecule has 146 valence electrons. The summed E-state index contributed by atoms with van der Waals surface area (Å²) in [7, 11) is -2.10. The van der Waals surface area contributed by atoms with Crippen molar-refractivity contribution in [2.45, 2.75) is 18.7 Å². The van der Waals surface area contributed by atoms with Gasteiger partial charge < -0.3 is 14.8 Å². The van der Waals surface area contributed by atoms with Crippen molar-refractivity contribution in [1.82, 2.24) is 4.72 Å². The van der Waals surface area contributed by atoms with Gasteiger partial charge in [-0.25, -0.2) is 13.1 Å². The standard InChI is InChI=1S/C19H24N2O5S/c1-14-10-15(2)12-16(11-14)21-19(22)13-26-17-4-6-18(7-5-17)27(23,24)20-8-9-25-3/h4-7,10-12,20H,8-9,13H2,1-3H3,(H,21,22).